The van der Waals surface area contributed by atoms with E-state index < -0.39 is 143 Å². The minimum Gasteiger partial charge on any atom is -0.394 e. The average Bonchev–Trinajstić information content (AvgIpc) is 1.53. The fourth-order valence-corrected chi connectivity index (χ4v) is 16.6. The number of primary amides is 6. The number of nitrogens with one attached hydrogen (secondary N) is 2. The Morgan fingerprint density at radius 1 is 0.800 bits per heavy atom. The van der Waals surface area contributed by atoms with E-state index >= 15 is 0 Å². The van der Waals surface area contributed by atoms with E-state index in [0.29, 0.717) is 56.4 Å². The van der Waals surface area contributed by atoms with Crippen molar-refractivity contribution in [3.8, 4) is 0 Å². The molecule has 2 unspecified atom stereocenters. The predicted molar refractivity (Wildman–Crippen MR) is 334 cm³/mol. The summed E-state index contributed by atoms with van der Waals surface area (Å²) in [5.74, 6) is -7.18. The predicted octanol–water partition coefficient (Wildman–Crippen LogP) is 3.16. The van der Waals surface area contributed by atoms with Crippen LogP contribution in [0.25, 0.3) is 11.0 Å². The minimum absolute atomic E-state index is 0.0114. The van der Waals surface area contributed by atoms with Gasteiger partial charge in [-0.2, -0.15) is 0 Å². The Balaban J connectivity index is 1.19. The van der Waals surface area contributed by atoms with Crippen LogP contribution in [0.15, 0.2) is 67.8 Å². The number of aryl methyl sites for hydroxylation is 2. The van der Waals surface area contributed by atoms with Crippen LogP contribution in [0.5, 0.6) is 0 Å². The molecule has 17 N–H and O–H groups in total. The summed E-state index contributed by atoms with van der Waals surface area (Å²) in [6.45, 7) is 19.3. The van der Waals surface area contributed by atoms with Crippen molar-refractivity contribution >= 4 is 77.3 Å². The van der Waals surface area contributed by atoms with Crippen LogP contribution < -0.4 is 45.0 Å². The molecule has 8 rings (SSSR count). The Hall–Kier alpha value is -7.00. The Labute approximate surface area is 523 Å². The van der Waals surface area contributed by atoms with Gasteiger partial charge >= 0.3 is 7.82 Å². The number of rotatable bonds is 26. The van der Waals surface area contributed by atoms with Crippen molar-refractivity contribution in [2.75, 3.05) is 13.2 Å². The highest BCUT2D eigenvalue weighted by Crippen LogP contribution is 2.63. The number of hydrogen-bond acceptors (Lipinski definition) is 18. The molecule has 27 nitrogen and oxygen atoms in total. The molecule has 15 atom stereocenters. The lowest BCUT2D eigenvalue weighted by Gasteiger charge is -2.48. The van der Waals surface area contributed by atoms with Crippen molar-refractivity contribution in [3.63, 3.8) is 0 Å². The number of carbonyl (C=O) groups excluding carboxylic acids is 7. The molecule has 2 fully saturated rings. The topological polar surface area (TPSA) is 460 Å². The molecule has 7 heterocycles. The number of allylic oxidation sites excluding steroid dienone is 6. The van der Waals surface area contributed by atoms with Gasteiger partial charge in [-0.15, -0.1) is 0 Å². The van der Waals surface area contributed by atoms with Gasteiger partial charge in [-0.3, -0.25) is 57.6 Å². The first-order chi connectivity index (χ1) is 41.8. The molecule has 2 aromatic rings. The number of aromatic nitrogens is 2. The van der Waals surface area contributed by atoms with Gasteiger partial charge in [0.25, 0.3) is 0 Å². The number of imidazole rings is 1. The van der Waals surface area contributed by atoms with Gasteiger partial charge in [-0.1, -0.05) is 34.6 Å². The third-order valence-corrected chi connectivity index (χ3v) is 21.7. The van der Waals surface area contributed by atoms with Gasteiger partial charge in [-0.25, -0.2) is 9.55 Å². The third-order valence-electron chi connectivity index (χ3n) is 20.6. The molecule has 6 aliphatic heterocycles. The highest BCUT2D eigenvalue weighted by atomic mass is 31.2. The SMILES string of the molecule is CC1=C2N=C(C=C3N/C(=C(/C)C4=N[C@@](C)(C5N=C1[C@](C)(CCC(=O)NC[C@@H](C)OP(=O)(O)O[C@@H]1[C@@H](O)[C@@H](n6cnc7cc(C)c(C)cc76)O[C@@H]1CO)[C@H]5CC(N)=O)[C@@](C)(CC(N)=O)[C@@H]4CCC(N)=O)[C@@](C)(CC(N)=O)[C@@H]3CCC(N)=O)C(C)(C)[C@@H]2CCC(N)=O. The van der Waals surface area contributed by atoms with Gasteiger partial charge in [0.2, 0.25) is 41.4 Å². The van der Waals surface area contributed by atoms with Gasteiger partial charge in [0, 0.05) is 131 Å². The quantitative estimate of drug-likeness (QED) is 0.0603. The number of aliphatic hydroxyl groups excluding tert-OH is 2. The van der Waals surface area contributed by atoms with E-state index in [1.807, 2.05) is 87.4 Å². The number of nitrogens with two attached hydrogens (primary N) is 6. The van der Waals surface area contributed by atoms with E-state index in [-0.39, 0.29) is 77.2 Å². The summed E-state index contributed by atoms with van der Waals surface area (Å²) in [6, 6.07) is 2.70. The largest absolute Gasteiger partial charge is 0.472 e. The Morgan fingerprint density at radius 2 is 1.40 bits per heavy atom. The van der Waals surface area contributed by atoms with E-state index in [2.05, 4.69) is 15.6 Å². The molecule has 0 spiro atoms. The summed E-state index contributed by atoms with van der Waals surface area (Å²) in [5, 5.41) is 28.2. The first-order valence-electron chi connectivity index (χ1n) is 30.6. The van der Waals surface area contributed by atoms with Crippen LogP contribution >= 0.6 is 7.82 Å². The number of nitrogens with zero attached hydrogens (tertiary/aromatic N) is 5. The van der Waals surface area contributed by atoms with E-state index in [1.54, 1.807) is 4.57 Å². The van der Waals surface area contributed by atoms with Crippen LogP contribution in [0.1, 0.15) is 150 Å². The highest BCUT2D eigenvalue weighted by Gasteiger charge is 2.66. The molecule has 90 heavy (non-hydrogen) atoms. The molecule has 7 amide bonds. The molecule has 0 saturated carbocycles. The maximum absolute atomic E-state index is 14.4. The number of benzene rings is 1. The van der Waals surface area contributed by atoms with Gasteiger partial charge in [0.15, 0.2) is 6.23 Å². The van der Waals surface area contributed by atoms with Crippen LogP contribution in [0.3, 0.4) is 0 Å². The molecule has 1 aromatic carbocycles. The van der Waals surface area contributed by atoms with Gasteiger partial charge in [0.05, 0.1) is 41.7 Å². The van der Waals surface area contributed by atoms with Crippen molar-refractivity contribution in [3.05, 3.63) is 63.9 Å². The van der Waals surface area contributed by atoms with Crippen molar-refractivity contribution in [2.24, 2.45) is 94.7 Å². The van der Waals surface area contributed by atoms with E-state index in [4.69, 9.17) is 63.2 Å². The van der Waals surface area contributed by atoms with Crippen molar-refractivity contribution < 1.29 is 67.0 Å². The van der Waals surface area contributed by atoms with Crippen molar-refractivity contribution in [1.29, 1.82) is 0 Å². The average molecular weight is 1270 g/mol. The zero-order valence-corrected chi connectivity index (χ0v) is 54.1. The van der Waals surface area contributed by atoms with Crippen LogP contribution in [0, 0.1) is 59.2 Å². The second kappa shape index (κ2) is 25.6. The van der Waals surface area contributed by atoms with Crippen LogP contribution in [-0.4, -0.2) is 132 Å². The molecular weight excluding hydrogens is 1180 g/mol. The summed E-state index contributed by atoms with van der Waals surface area (Å²) in [4.78, 5) is 126. The summed E-state index contributed by atoms with van der Waals surface area (Å²) in [5.41, 5.74) is 37.4. The molecule has 2 saturated heterocycles. The first-order valence-corrected chi connectivity index (χ1v) is 32.1. The summed E-state index contributed by atoms with van der Waals surface area (Å²) >= 11 is 0. The number of fused-ring (bicyclic) bond motifs is 7. The number of aliphatic hydroxyl groups is 2. The molecule has 492 valence electrons. The summed E-state index contributed by atoms with van der Waals surface area (Å²) in [6.07, 6.45) is -4.26. The summed E-state index contributed by atoms with van der Waals surface area (Å²) < 4.78 is 32.3. The fraction of sp³-hybridized carbons (Fsp3) is 0.629. The van der Waals surface area contributed by atoms with Crippen LogP contribution in [0.2, 0.25) is 0 Å². The Kier molecular flexibility index (Phi) is 19.6. The van der Waals surface area contributed by atoms with Crippen molar-refractivity contribution in [1.82, 2.24) is 20.2 Å². The van der Waals surface area contributed by atoms with Gasteiger partial charge in [-0.05, 0) is 108 Å². The van der Waals surface area contributed by atoms with Crippen molar-refractivity contribution in [2.45, 2.75) is 189 Å². The monoisotopic (exact) mass is 1270 g/mol. The Bertz CT molecular complexity index is 3540. The zero-order valence-electron chi connectivity index (χ0n) is 53.3. The Morgan fingerprint density at radius 3 is 1.99 bits per heavy atom. The lowest BCUT2D eigenvalue weighted by atomic mass is 9.55. The number of ether oxygens (including phenoxy) is 1. The smallest absolute Gasteiger partial charge is 0.394 e. The molecular formula is C62H90N13O14P. The van der Waals surface area contributed by atoms with E-state index in [1.165, 1.54) is 13.3 Å². The van der Waals surface area contributed by atoms with E-state index in [0.717, 1.165) is 11.1 Å². The highest BCUT2D eigenvalue weighted by molar-refractivity contribution is 7.47. The first kappa shape index (κ1) is 68.9. The third kappa shape index (κ3) is 13.0. The standard InChI is InChI=1S/C62H90N13O14P/c1-29-20-39-40(21-30(29)2)75(28-70-39)57-52(84)53(41(27-76)87-57)89-90(85,86)88-31(3)26-69-49(83)18-19-59(8)37(22-46(66)80)56-62(11)61(10,25-48(68)82)36(14-17-45(65)79)51(74-62)33(5)55-60(9,24-47(67)81)34(12-15-43(63)77)38(71-55)23-42-58(6,7)35(13-16-44(64)78)50(72-42)32(4)54(59)73-56/h20-21,23,28,31,34-37,41,52-53,56-57,71,76,84H,12-19,22,24-27H2,1-11H3,(H2,63,77)(H2,64,78)(H2,65,79)(H2,66,80)(H2,67,81)(H2,68,82)(H,69,83)(H,85,86)/b38-23?,50-32?,55-33-/t31-,34-,35-,36-,37+,41-,52-,53+,56?,57+,59-,60+,61+,62+/m1/s1. The fourth-order valence-electron chi connectivity index (χ4n) is 15.4. The van der Waals surface area contributed by atoms with Gasteiger partial charge < -0.3 is 69.4 Å². The molecule has 1 aromatic heterocycles. The lowest BCUT2D eigenvalue weighted by molar-refractivity contribution is -0.124. The number of hydrogen-bond donors (Lipinski definition) is 11. The van der Waals surface area contributed by atoms with Crippen LogP contribution in [-0.2, 0) is 51.9 Å². The normalized spacial score (nSPS) is 32.8. The minimum atomic E-state index is -5.07. The van der Waals surface area contributed by atoms with Crippen LogP contribution in [0.4, 0.5) is 0 Å². The maximum atomic E-state index is 14.4. The number of aliphatic imine (C=N–C) groups is 3. The summed E-state index contributed by atoms with van der Waals surface area (Å²) in [7, 11) is -5.07. The lowest BCUT2D eigenvalue weighted by Crippen LogP contribution is -2.56. The second-order valence-electron chi connectivity index (χ2n) is 27.1. The second-order valence-corrected chi connectivity index (χ2v) is 28.4. The number of phosphoric ester groups is 1. The van der Waals surface area contributed by atoms with E-state index in [9.17, 15) is 53.2 Å². The zero-order chi connectivity index (χ0) is 66.7. The molecule has 0 aliphatic carbocycles. The molecule has 0 radical (unpaired) electrons. The molecule has 6 aliphatic rings. The number of phosphoric acid groups is 1. The maximum Gasteiger partial charge on any atom is 0.472 e. The number of carbonyl (C=O) groups is 7. The number of amides is 7. The van der Waals surface area contributed by atoms with Gasteiger partial charge in [0.1, 0.15) is 18.3 Å². The molecule has 8 bridgehead atoms. The molecule has 28 heteroatoms.